The van der Waals surface area contributed by atoms with Gasteiger partial charge in [-0.25, -0.2) is 0 Å². The van der Waals surface area contributed by atoms with Crippen molar-refractivity contribution in [1.82, 2.24) is 0 Å². The van der Waals surface area contributed by atoms with Crippen molar-refractivity contribution in [2.45, 2.75) is 309 Å². The molecule has 0 aromatic carbocycles. The van der Waals surface area contributed by atoms with Crippen LogP contribution in [-0.4, -0.2) is 37.2 Å². The van der Waals surface area contributed by atoms with Gasteiger partial charge in [-0.2, -0.15) is 0 Å². The SMILES string of the molecule is CC/C=C\C/C=C\C/C=C\CCCCCCCCCCCC(=O)OCC(COC(=O)CCCCCCCCC/C=C\CCCCCC)OC(=O)CCCCCCCCCCCC/C=C\C=C/CCCCC. The summed E-state index contributed by atoms with van der Waals surface area (Å²) in [5.74, 6) is -0.880. The van der Waals surface area contributed by atoms with Crippen molar-refractivity contribution in [3.63, 3.8) is 0 Å². The third kappa shape index (κ3) is 57.6. The summed E-state index contributed by atoms with van der Waals surface area (Å²) in [4.78, 5) is 38.3. The first-order chi connectivity index (χ1) is 35.0. The van der Waals surface area contributed by atoms with Crippen molar-refractivity contribution < 1.29 is 28.6 Å². The summed E-state index contributed by atoms with van der Waals surface area (Å²) in [6.07, 6.45) is 76.0. The van der Waals surface area contributed by atoms with Gasteiger partial charge in [0.25, 0.3) is 0 Å². The Hall–Kier alpha value is -3.15. The van der Waals surface area contributed by atoms with E-state index in [1.807, 2.05) is 0 Å². The summed E-state index contributed by atoms with van der Waals surface area (Å²) >= 11 is 0. The molecule has 0 saturated heterocycles. The second kappa shape index (κ2) is 59.4. The van der Waals surface area contributed by atoms with Crippen molar-refractivity contribution in [2.24, 2.45) is 0 Å². The average Bonchev–Trinajstić information content (AvgIpc) is 3.37. The number of carbonyl (C=O) groups is 3. The molecule has 1 unspecified atom stereocenters. The van der Waals surface area contributed by atoms with Gasteiger partial charge in [-0.15, -0.1) is 0 Å². The molecule has 6 heteroatoms. The quantitative estimate of drug-likeness (QED) is 0.0199. The maximum absolute atomic E-state index is 12.9. The van der Waals surface area contributed by atoms with E-state index >= 15 is 0 Å². The molecule has 0 aliphatic heterocycles. The van der Waals surface area contributed by atoms with Gasteiger partial charge in [-0.1, -0.05) is 254 Å². The Morgan fingerprint density at radius 2 is 0.592 bits per heavy atom. The molecule has 1 atom stereocenters. The zero-order chi connectivity index (χ0) is 51.4. The van der Waals surface area contributed by atoms with Crippen molar-refractivity contribution in [3.8, 4) is 0 Å². The second-order valence-corrected chi connectivity index (χ2v) is 20.3. The molecule has 410 valence electrons. The molecule has 0 saturated carbocycles. The summed E-state index contributed by atoms with van der Waals surface area (Å²) in [7, 11) is 0. The van der Waals surface area contributed by atoms with E-state index in [0.29, 0.717) is 19.3 Å². The molecule has 0 rings (SSSR count). The molecule has 0 aromatic heterocycles. The number of hydrogen-bond acceptors (Lipinski definition) is 6. The van der Waals surface area contributed by atoms with Crippen molar-refractivity contribution in [2.75, 3.05) is 13.2 Å². The molecule has 0 radical (unpaired) electrons. The number of rotatable bonds is 55. The highest BCUT2D eigenvalue weighted by molar-refractivity contribution is 5.71. The standard InChI is InChI=1S/C65H114O6/c1-4-7-10-13-16-19-22-25-28-30-32-34-37-40-43-46-49-52-55-58-64(67)70-61-62(60-69-63(66)57-54-51-48-45-42-39-36-27-24-21-18-15-12-9-6-3)71-65(68)59-56-53-50-47-44-41-38-35-33-31-29-26-23-20-17-14-11-8-5-2/h7,10,16-17,19-21,23-26,28,62H,4-6,8-9,11-15,18,22,27,29-61H2,1-3H3/b10-7-,19-16-,20-17-,24-21-,26-23-,28-25-. The Bertz CT molecular complexity index is 1320. The molecule has 0 heterocycles. The number of hydrogen-bond donors (Lipinski definition) is 0. The maximum atomic E-state index is 12.9. The highest BCUT2D eigenvalue weighted by Crippen LogP contribution is 2.16. The Morgan fingerprint density at radius 1 is 0.310 bits per heavy atom. The fraction of sp³-hybridized carbons (Fsp3) is 0.769. The highest BCUT2D eigenvalue weighted by atomic mass is 16.6. The zero-order valence-corrected chi connectivity index (χ0v) is 47.0. The summed E-state index contributed by atoms with van der Waals surface area (Å²) in [5.41, 5.74) is 0. The fourth-order valence-electron chi connectivity index (χ4n) is 8.62. The van der Waals surface area contributed by atoms with Gasteiger partial charge >= 0.3 is 17.9 Å². The lowest BCUT2D eigenvalue weighted by Crippen LogP contribution is -2.30. The van der Waals surface area contributed by atoms with Gasteiger partial charge < -0.3 is 14.2 Å². The number of unbranched alkanes of at least 4 members (excludes halogenated alkanes) is 33. The molecule has 0 aliphatic rings. The number of carbonyl (C=O) groups excluding carboxylic acids is 3. The van der Waals surface area contributed by atoms with Crippen LogP contribution in [0.3, 0.4) is 0 Å². The van der Waals surface area contributed by atoms with Crippen LogP contribution in [0, 0.1) is 0 Å². The lowest BCUT2D eigenvalue weighted by Gasteiger charge is -2.18. The Kier molecular flexibility index (Phi) is 56.8. The van der Waals surface area contributed by atoms with Crippen LogP contribution in [0.5, 0.6) is 0 Å². The first-order valence-electron chi connectivity index (χ1n) is 30.5. The molecular weight excluding hydrogens is 877 g/mol. The van der Waals surface area contributed by atoms with Crippen LogP contribution >= 0.6 is 0 Å². The van der Waals surface area contributed by atoms with E-state index in [4.69, 9.17) is 14.2 Å². The van der Waals surface area contributed by atoms with Crippen LogP contribution in [0.1, 0.15) is 303 Å². The van der Waals surface area contributed by atoms with Crippen molar-refractivity contribution in [1.29, 1.82) is 0 Å². The molecule has 0 aromatic rings. The van der Waals surface area contributed by atoms with E-state index in [2.05, 4.69) is 93.7 Å². The minimum atomic E-state index is -0.782. The van der Waals surface area contributed by atoms with Crippen LogP contribution in [0.2, 0.25) is 0 Å². The Morgan fingerprint density at radius 3 is 0.986 bits per heavy atom. The highest BCUT2D eigenvalue weighted by Gasteiger charge is 2.19. The molecule has 0 amide bonds. The molecule has 0 N–H and O–H groups in total. The normalized spacial score (nSPS) is 12.5. The monoisotopic (exact) mass is 991 g/mol. The van der Waals surface area contributed by atoms with Gasteiger partial charge in [0.05, 0.1) is 0 Å². The van der Waals surface area contributed by atoms with Gasteiger partial charge in [0.2, 0.25) is 0 Å². The van der Waals surface area contributed by atoms with E-state index in [1.54, 1.807) is 0 Å². The molecule has 6 nitrogen and oxygen atoms in total. The summed E-state index contributed by atoms with van der Waals surface area (Å²) in [5, 5.41) is 0. The van der Waals surface area contributed by atoms with E-state index < -0.39 is 6.10 Å². The maximum Gasteiger partial charge on any atom is 0.306 e. The zero-order valence-electron chi connectivity index (χ0n) is 47.0. The lowest BCUT2D eigenvalue weighted by atomic mass is 10.1. The van der Waals surface area contributed by atoms with Gasteiger partial charge in [-0.3, -0.25) is 14.4 Å². The molecule has 71 heavy (non-hydrogen) atoms. The third-order valence-electron chi connectivity index (χ3n) is 13.2. The van der Waals surface area contributed by atoms with Crippen molar-refractivity contribution >= 4 is 17.9 Å². The largest absolute Gasteiger partial charge is 0.462 e. The van der Waals surface area contributed by atoms with Gasteiger partial charge in [0.15, 0.2) is 6.10 Å². The number of allylic oxidation sites excluding steroid dienone is 12. The second-order valence-electron chi connectivity index (χ2n) is 20.3. The molecule has 0 aliphatic carbocycles. The van der Waals surface area contributed by atoms with E-state index in [9.17, 15) is 14.4 Å². The van der Waals surface area contributed by atoms with Crippen LogP contribution < -0.4 is 0 Å². The summed E-state index contributed by atoms with van der Waals surface area (Å²) in [6.45, 7) is 6.51. The van der Waals surface area contributed by atoms with Crippen molar-refractivity contribution in [3.05, 3.63) is 72.9 Å². The smallest absolute Gasteiger partial charge is 0.306 e. The predicted molar refractivity (Wildman–Crippen MR) is 307 cm³/mol. The first-order valence-corrected chi connectivity index (χ1v) is 30.5. The van der Waals surface area contributed by atoms with E-state index in [1.165, 1.54) is 186 Å². The van der Waals surface area contributed by atoms with Crippen LogP contribution in [0.15, 0.2) is 72.9 Å². The van der Waals surface area contributed by atoms with Crippen LogP contribution in [0.4, 0.5) is 0 Å². The molecule has 0 spiro atoms. The number of esters is 3. The van der Waals surface area contributed by atoms with Gasteiger partial charge in [-0.05, 0) is 103 Å². The fourth-order valence-corrected chi connectivity index (χ4v) is 8.62. The first kappa shape index (κ1) is 67.8. The average molecular weight is 992 g/mol. The molecular formula is C65H114O6. The van der Waals surface area contributed by atoms with Gasteiger partial charge in [0.1, 0.15) is 13.2 Å². The van der Waals surface area contributed by atoms with E-state index in [-0.39, 0.29) is 31.1 Å². The lowest BCUT2D eigenvalue weighted by molar-refractivity contribution is -0.167. The molecule has 0 fully saturated rings. The summed E-state index contributed by atoms with van der Waals surface area (Å²) in [6, 6.07) is 0. The minimum absolute atomic E-state index is 0.0794. The molecule has 0 bridgehead atoms. The minimum Gasteiger partial charge on any atom is -0.462 e. The number of ether oxygens (including phenoxy) is 3. The topological polar surface area (TPSA) is 78.9 Å². The van der Waals surface area contributed by atoms with Crippen LogP contribution in [-0.2, 0) is 28.6 Å². The Labute approximate surface area is 440 Å². The predicted octanol–water partition coefficient (Wildman–Crippen LogP) is 20.5. The van der Waals surface area contributed by atoms with E-state index in [0.717, 1.165) is 77.0 Å². The Balaban J connectivity index is 4.37. The third-order valence-corrected chi connectivity index (χ3v) is 13.2. The van der Waals surface area contributed by atoms with Crippen LogP contribution in [0.25, 0.3) is 0 Å². The summed E-state index contributed by atoms with van der Waals surface area (Å²) < 4.78 is 16.9. The van der Waals surface area contributed by atoms with Gasteiger partial charge in [0, 0.05) is 19.3 Å².